The van der Waals surface area contributed by atoms with Crippen molar-refractivity contribution in [3.8, 4) is 66.8 Å². The van der Waals surface area contributed by atoms with Crippen LogP contribution < -0.4 is 0 Å². The average molecular weight is 601 g/mol. The summed E-state index contributed by atoms with van der Waals surface area (Å²) in [5.41, 5.74) is -2.13. The van der Waals surface area contributed by atoms with Crippen molar-refractivity contribution >= 4 is 0 Å². The highest BCUT2D eigenvalue weighted by molar-refractivity contribution is 5.79. The fraction of sp³-hybridized carbons (Fsp3) is 0. The van der Waals surface area contributed by atoms with Gasteiger partial charge in [-0.1, -0.05) is 97.1 Å². The van der Waals surface area contributed by atoms with Crippen molar-refractivity contribution in [1.82, 2.24) is 0 Å². The smallest absolute Gasteiger partial charge is 0.170 e. The first-order valence-electron chi connectivity index (χ1n) is 13.3. The molecule has 0 nitrogen and oxygen atoms in total. The van der Waals surface area contributed by atoms with Crippen LogP contribution in [0.1, 0.15) is 0 Å². The Morgan fingerprint density at radius 2 is 0.295 bits per heavy atom. The van der Waals surface area contributed by atoms with E-state index >= 15 is 35.1 Å². The van der Waals surface area contributed by atoms with E-state index < -0.39 is 68.8 Å². The van der Waals surface area contributed by atoms with Crippen LogP contribution in [0.25, 0.3) is 66.8 Å². The van der Waals surface area contributed by atoms with Crippen LogP contribution in [-0.2, 0) is 0 Å². The van der Waals surface area contributed by atoms with Gasteiger partial charge in [-0.3, -0.25) is 0 Å². The molecule has 216 valence electrons. The fourth-order valence-electron chi connectivity index (χ4n) is 5.59. The van der Waals surface area contributed by atoms with Crippen LogP contribution >= 0.6 is 0 Å². The van der Waals surface area contributed by atoms with Crippen LogP contribution in [0.5, 0.6) is 0 Å². The van der Waals surface area contributed by atoms with Crippen LogP contribution in [0, 0.1) is 46.5 Å². The molecule has 0 aliphatic heterocycles. The van der Waals surface area contributed by atoms with Gasteiger partial charge in [0.05, 0.1) is 22.3 Å². The molecular formula is C36H16F8. The first-order valence-corrected chi connectivity index (χ1v) is 13.3. The zero-order valence-electron chi connectivity index (χ0n) is 22.3. The third kappa shape index (κ3) is 4.12. The summed E-state index contributed by atoms with van der Waals surface area (Å²) < 4.78 is 122. The van der Waals surface area contributed by atoms with Gasteiger partial charge in [-0.2, -0.15) is 0 Å². The Kier molecular flexibility index (Phi) is 6.39. The standard InChI is InChI=1S/C36H16F8/c37-29-25-21-9-1-17(2-10-21)18-3-11-22(12-4-18)26-33(41)35(43)28(36(44)34(26)42)24-15-7-20(8-16-24)19-5-13-23(14-6-19)27(31(29)39)32(40)30(25)38/h1-16H. The lowest BCUT2D eigenvalue weighted by Gasteiger charge is -2.15. The molecule has 0 aromatic heterocycles. The second-order valence-corrected chi connectivity index (χ2v) is 10.3. The van der Waals surface area contributed by atoms with Gasteiger partial charge in [-0.25, -0.2) is 35.1 Å². The molecule has 0 spiro atoms. The molecule has 0 heterocycles. The largest absolute Gasteiger partial charge is 0.203 e. The Balaban J connectivity index is 1.48. The van der Waals surface area contributed by atoms with Gasteiger partial charge in [0.2, 0.25) is 0 Å². The molecule has 0 saturated heterocycles. The van der Waals surface area contributed by atoms with Crippen molar-refractivity contribution in [3.05, 3.63) is 144 Å². The van der Waals surface area contributed by atoms with Crippen LogP contribution in [0.3, 0.4) is 0 Å². The summed E-state index contributed by atoms with van der Waals surface area (Å²) in [6, 6.07) is 21.6. The monoisotopic (exact) mass is 600 g/mol. The third-order valence-electron chi connectivity index (χ3n) is 7.89. The van der Waals surface area contributed by atoms with Gasteiger partial charge in [0.1, 0.15) is 0 Å². The van der Waals surface area contributed by atoms with E-state index in [4.69, 9.17) is 0 Å². The van der Waals surface area contributed by atoms with Gasteiger partial charge in [-0.15, -0.1) is 0 Å². The summed E-state index contributed by atoms with van der Waals surface area (Å²) in [6.07, 6.45) is 0. The lowest BCUT2D eigenvalue weighted by atomic mass is 9.93. The summed E-state index contributed by atoms with van der Waals surface area (Å²) in [7, 11) is 0. The molecule has 6 aromatic rings. The minimum atomic E-state index is -1.56. The zero-order chi connectivity index (χ0) is 30.9. The molecule has 0 unspecified atom stereocenters. The Morgan fingerprint density at radius 1 is 0.182 bits per heavy atom. The summed E-state index contributed by atoms with van der Waals surface area (Å²) in [6.45, 7) is 0. The van der Waals surface area contributed by atoms with E-state index in [1.807, 2.05) is 0 Å². The lowest BCUT2D eigenvalue weighted by Crippen LogP contribution is -2.04. The molecule has 44 heavy (non-hydrogen) atoms. The maximum Gasteiger partial charge on any atom is 0.170 e. The highest BCUT2D eigenvalue weighted by Gasteiger charge is 2.29. The van der Waals surface area contributed by atoms with Crippen LogP contribution in [0.15, 0.2) is 97.1 Å². The Morgan fingerprint density at radius 3 is 0.432 bits per heavy atom. The van der Waals surface area contributed by atoms with E-state index in [9.17, 15) is 0 Å². The molecular weight excluding hydrogens is 584 g/mol. The van der Waals surface area contributed by atoms with Crippen LogP contribution in [0.4, 0.5) is 35.1 Å². The lowest BCUT2D eigenvalue weighted by molar-refractivity contribution is 0.463. The molecule has 0 fully saturated rings. The van der Waals surface area contributed by atoms with Gasteiger partial charge in [0.25, 0.3) is 0 Å². The van der Waals surface area contributed by atoms with Gasteiger partial charge in [0, 0.05) is 0 Å². The molecule has 0 N–H and O–H groups in total. The SMILES string of the molecule is Fc1c(F)c2c(F)c(F)c1-c1ccc(cc1)-c1ccc(cc1)-c1c(F)c(F)c(c(F)c1F)-c1ccc(cc1)-c1ccc-2cc1. The highest BCUT2D eigenvalue weighted by atomic mass is 19.2. The predicted octanol–water partition coefficient (Wildman–Crippen LogP) is 11.1. The van der Waals surface area contributed by atoms with E-state index in [-0.39, 0.29) is 22.3 Å². The molecule has 0 atom stereocenters. The second-order valence-electron chi connectivity index (χ2n) is 10.3. The maximum atomic E-state index is 15.3. The number of halogens is 8. The summed E-state index contributed by atoms with van der Waals surface area (Å²) in [5.74, 6) is -12.4. The van der Waals surface area contributed by atoms with Crippen LogP contribution in [-0.4, -0.2) is 0 Å². The van der Waals surface area contributed by atoms with E-state index in [0.717, 1.165) is 0 Å². The average Bonchev–Trinajstić information content (AvgIpc) is 3.04. The molecule has 0 saturated carbocycles. The molecule has 22 rings (SSSR count). The molecule has 8 heteroatoms. The van der Waals surface area contributed by atoms with Gasteiger partial charge >= 0.3 is 0 Å². The normalized spacial score (nSPS) is 11.6. The Labute approximate surface area is 245 Å². The maximum absolute atomic E-state index is 15.3. The fourth-order valence-corrected chi connectivity index (χ4v) is 5.59. The molecule has 16 aliphatic rings. The van der Waals surface area contributed by atoms with Gasteiger partial charge in [0.15, 0.2) is 46.5 Å². The third-order valence-corrected chi connectivity index (χ3v) is 7.89. The van der Waals surface area contributed by atoms with Gasteiger partial charge in [-0.05, 0) is 44.5 Å². The van der Waals surface area contributed by atoms with Crippen molar-refractivity contribution in [2.45, 2.75) is 0 Å². The summed E-state index contributed by atoms with van der Waals surface area (Å²) in [5, 5.41) is 0. The number of hydrogen-bond acceptors (Lipinski definition) is 0. The first-order chi connectivity index (χ1) is 21.2. The Hall–Kier alpha value is -5.24. The first kappa shape index (κ1) is 27.6. The van der Waals surface area contributed by atoms with Gasteiger partial charge < -0.3 is 0 Å². The van der Waals surface area contributed by atoms with E-state index in [2.05, 4.69) is 0 Å². The highest BCUT2D eigenvalue weighted by Crippen LogP contribution is 2.40. The Bertz CT molecular complexity index is 1730. The summed E-state index contributed by atoms with van der Waals surface area (Å²) >= 11 is 0. The molecule has 6 aromatic carbocycles. The second kappa shape index (κ2) is 10.2. The minimum Gasteiger partial charge on any atom is -0.203 e. The van der Waals surface area contributed by atoms with E-state index in [0.29, 0.717) is 22.3 Å². The van der Waals surface area contributed by atoms with E-state index in [1.54, 1.807) is 0 Å². The quantitative estimate of drug-likeness (QED) is 0.120. The minimum absolute atomic E-state index is 0.131. The van der Waals surface area contributed by atoms with Crippen LogP contribution in [0.2, 0.25) is 0 Å². The molecule has 0 radical (unpaired) electrons. The van der Waals surface area contributed by atoms with Crippen molar-refractivity contribution in [3.63, 3.8) is 0 Å². The van der Waals surface area contributed by atoms with Crippen molar-refractivity contribution in [2.75, 3.05) is 0 Å². The molecule has 16 aliphatic carbocycles. The number of hydrogen-bond donors (Lipinski definition) is 0. The summed E-state index contributed by atoms with van der Waals surface area (Å²) in [4.78, 5) is 0. The van der Waals surface area contributed by atoms with E-state index in [1.165, 1.54) is 97.1 Å². The van der Waals surface area contributed by atoms with Crippen molar-refractivity contribution in [1.29, 1.82) is 0 Å². The van der Waals surface area contributed by atoms with Crippen molar-refractivity contribution < 1.29 is 35.1 Å². The number of benzene rings is 6. The molecule has 0 amide bonds. The molecule has 12 bridgehead atoms. The topological polar surface area (TPSA) is 0 Å². The number of rotatable bonds is 0. The van der Waals surface area contributed by atoms with Crippen molar-refractivity contribution in [2.24, 2.45) is 0 Å². The zero-order valence-corrected chi connectivity index (χ0v) is 22.3. The predicted molar refractivity (Wildman–Crippen MR) is 152 cm³/mol.